The second-order valence-electron chi connectivity index (χ2n) is 9.48. The molecule has 0 spiro atoms. The van der Waals surface area contributed by atoms with Crippen molar-refractivity contribution in [3.8, 4) is 0 Å². The molecule has 2 fully saturated rings. The standard InChI is InChI=1S/C26H36N8/c1-2-34-16-8-12-22(34)18-28-24-31-25(29-20-10-5-3-4-6-11-20)33-26(32-24)30-21-13-14-23-19(17-21)9-7-15-27-23/h7,9,13-15,17,20,22H,2-6,8,10-12,16,18H2,1H3,(H3,28,29,30,31,32,33). The molecule has 8 heteroatoms. The molecule has 1 atom stereocenters. The minimum absolute atomic E-state index is 0.419. The molecule has 1 aliphatic heterocycles. The number of hydrogen-bond acceptors (Lipinski definition) is 8. The van der Waals surface area contributed by atoms with Gasteiger partial charge in [0.25, 0.3) is 0 Å². The molecule has 34 heavy (non-hydrogen) atoms. The number of likely N-dealkylation sites (N-methyl/N-ethyl adjacent to an activating group) is 1. The number of aromatic nitrogens is 4. The van der Waals surface area contributed by atoms with Gasteiger partial charge in [-0.25, -0.2) is 0 Å². The normalized spacial score (nSPS) is 19.7. The molecule has 1 saturated carbocycles. The van der Waals surface area contributed by atoms with Crippen LogP contribution in [0.1, 0.15) is 58.3 Å². The monoisotopic (exact) mass is 460 g/mol. The van der Waals surface area contributed by atoms with E-state index in [4.69, 9.17) is 15.0 Å². The Labute approximate surface area is 202 Å². The van der Waals surface area contributed by atoms with Crippen molar-refractivity contribution in [3.63, 3.8) is 0 Å². The Bertz CT molecular complexity index is 1080. The number of anilines is 4. The fraction of sp³-hybridized carbons (Fsp3) is 0.538. The van der Waals surface area contributed by atoms with Gasteiger partial charge in [-0.2, -0.15) is 15.0 Å². The van der Waals surface area contributed by atoms with Gasteiger partial charge in [0, 0.05) is 35.9 Å². The quantitative estimate of drug-likeness (QED) is 0.396. The first-order valence-corrected chi connectivity index (χ1v) is 12.9. The summed E-state index contributed by atoms with van der Waals surface area (Å²) in [7, 11) is 0. The van der Waals surface area contributed by atoms with Gasteiger partial charge in [0.15, 0.2) is 0 Å². The van der Waals surface area contributed by atoms with Crippen molar-refractivity contribution in [1.29, 1.82) is 0 Å². The predicted octanol–water partition coefficient (Wildman–Crippen LogP) is 5.19. The number of rotatable bonds is 8. The van der Waals surface area contributed by atoms with E-state index in [1.807, 2.05) is 24.4 Å². The Morgan fingerprint density at radius 3 is 2.59 bits per heavy atom. The molecule has 8 nitrogen and oxygen atoms in total. The van der Waals surface area contributed by atoms with Crippen LogP contribution in [0.15, 0.2) is 36.5 Å². The van der Waals surface area contributed by atoms with Gasteiger partial charge < -0.3 is 16.0 Å². The van der Waals surface area contributed by atoms with Gasteiger partial charge in [0.1, 0.15) is 0 Å². The fourth-order valence-corrected chi connectivity index (χ4v) is 5.22. The van der Waals surface area contributed by atoms with Crippen LogP contribution in [-0.2, 0) is 0 Å². The Balaban J connectivity index is 1.36. The maximum absolute atomic E-state index is 4.75. The summed E-state index contributed by atoms with van der Waals surface area (Å²) in [5, 5.41) is 11.6. The summed E-state index contributed by atoms with van der Waals surface area (Å²) in [6, 6.07) is 11.1. The zero-order valence-corrected chi connectivity index (χ0v) is 20.1. The first-order chi connectivity index (χ1) is 16.8. The molecular formula is C26H36N8. The molecule has 0 amide bonds. The highest BCUT2D eigenvalue weighted by atomic mass is 15.3. The van der Waals surface area contributed by atoms with Gasteiger partial charge in [-0.3, -0.25) is 9.88 Å². The third-order valence-corrected chi connectivity index (χ3v) is 7.08. The van der Waals surface area contributed by atoms with E-state index in [1.54, 1.807) is 0 Å². The van der Waals surface area contributed by atoms with Crippen molar-refractivity contribution >= 4 is 34.4 Å². The first kappa shape index (κ1) is 22.8. The van der Waals surface area contributed by atoms with Crippen molar-refractivity contribution < 1.29 is 0 Å². The summed E-state index contributed by atoms with van der Waals surface area (Å²) in [5.41, 5.74) is 1.91. The summed E-state index contributed by atoms with van der Waals surface area (Å²) in [6.07, 6.45) is 11.8. The smallest absolute Gasteiger partial charge is 0.233 e. The SMILES string of the molecule is CCN1CCCC1CNc1nc(Nc2ccc3ncccc3c2)nc(NC2CCCCCC2)n1. The van der Waals surface area contributed by atoms with E-state index < -0.39 is 0 Å². The number of nitrogens with one attached hydrogen (secondary N) is 3. The third kappa shape index (κ3) is 5.73. The molecular weight excluding hydrogens is 424 g/mol. The number of nitrogens with zero attached hydrogens (tertiary/aromatic N) is 5. The molecule has 3 aromatic rings. The average molecular weight is 461 g/mol. The van der Waals surface area contributed by atoms with E-state index >= 15 is 0 Å². The number of benzene rings is 1. The minimum Gasteiger partial charge on any atom is -0.352 e. The molecule has 1 aromatic carbocycles. The largest absolute Gasteiger partial charge is 0.352 e. The lowest BCUT2D eigenvalue weighted by atomic mass is 10.1. The van der Waals surface area contributed by atoms with Crippen LogP contribution < -0.4 is 16.0 Å². The van der Waals surface area contributed by atoms with Crippen LogP contribution >= 0.6 is 0 Å². The molecule has 5 rings (SSSR count). The second kappa shape index (κ2) is 11.0. The number of hydrogen-bond donors (Lipinski definition) is 3. The lowest BCUT2D eigenvalue weighted by Crippen LogP contribution is -2.35. The van der Waals surface area contributed by atoms with Crippen LogP contribution in [0.2, 0.25) is 0 Å². The Hall–Kier alpha value is -3.00. The van der Waals surface area contributed by atoms with E-state index in [1.165, 1.54) is 57.9 Å². The summed E-state index contributed by atoms with van der Waals surface area (Å²) in [6.45, 7) is 5.35. The summed E-state index contributed by atoms with van der Waals surface area (Å²) >= 11 is 0. The molecule has 0 radical (unpaired) electrons. The van der Waals surface area contributed by atoms with Gasteiger partial charge >= 0.3 is 0 Å². The Morgan fingerprint density at radius 1 is 0.912 bits per heavy atom. The lowest BCUT2D eigenvalue weighted by Gasteiger charge is -2.23. The van der Waals surface area contributed by atoms with Crippen LogP contribution in [0.5, 0.6) is 0 Å². The summed E-state index contributed by atoms with van der Waals surface area (Å²) in [4.78, 5) is 21.1. The highest BCUT2D eigenvalue weighted by Gasteiger charge is 2.23. The molecule has 3 N–H and O–H groups in total. The van der Waals surface area contributed by atoms with E-state index in [-0.39, 0.29) is 0 Å². The fourth-order valence-electron chi connectivity index (χ4n) is 5.22. The van der Waals surface area contributed by atoms with Crippen molar-refractivity contribution in [1.82, 2.24) is 24.8 Å². The van der Waals surface area contributed by atoms with Gasteiger partial charge in [-0.1, -0.05) is 38.7 Å². The van der Waals surface area contributed by atoms with Gasteiger partial charge in [-0.15, -0.1) is 0 Å². The first-order valence-electron chi connectivity index (χ1n) is 12.9. The minimum atomic E-state index is 0.419. The summed E-state index contributed by atoms with van der Waals surface area (Å²) in [5.74, 6) is 1.82. The van der Waals surface area contributed by atoms with Crippen molar-refractivity contribution in [3.05, 3.63) is 36.5 Å². The zero-order chi connectivity index (χ0) is 23.2. The van der Waals surface area contributed by atoms with Crippen LogP contribution in [0.25, 0.3) is 10.9 Å². The highest BCUT2D eigenvalue weighted by Crippen LogP contribution is 2.24. The molecule has 1 saturated heterocycles. The molecule has 1 aliphatic carbocycles. The molecule has 3 heterocycles. The lowest BCUT2D eigenvalue weighted by molar-refractivity contribution is 0.277. The maximum Gasteiger partial charge on any atom is 0.233 e. The number of pyridine rings is 1. The molecule has 0 bridgehead atoms. The number of likely N-dealkylation sites (tertiary alicyclic amines) is 1. The van der Waals surface area contributed by atoms with Crippen LogP contribution in [-0.4, -0.2) is 56.6 Å². The van der Waals surface area contributed by atoms with Gasteiger partial charge in [0.2, 0.25) is 17.8 Å². The van der Waals surface area contributed by atoms with E-state index in [9.17, 15) is 0 Å². The van der Waals surface area contributed by atoms with E-state index in [2.05, 4.69) is 44.9 Å². The van der Waals surface area contributed by atoms with Crippen molar-refractivity contribution in [2.24, 2.45) is 0 Å². The average Bonchev–Trinajstić information content (AvgIpc) is 3.17. The van der Waals surface area contributed by atoms with Crippen LogP contribution in [0.4, 0.5) is 23.5 Å². The van der Waals surface area contributed by atoms with Crippen molar-refractivity contribution in [2.75, 3.05) is 35.6 Å². The molecule has 2 aromatic heterocycles. The molecule has 2 aliphatic rings. The third-order valence-electron chi connectivity index (χ3n) is 7.08. The highest BCUT2D eigenvalue weighted by molar-refractivity contribution is 5.82. The zero-order valence-electron chi connectivity index (χ0n) is 20.1. The number of fused-ring (bicyclic) bond motifs is 1. The topological polar surface area (TPSA) is 90.9 Å². The van der Waals surface area contributed by atoms with Gasteiger partial charge in [0.05, 0.1) is 5.52 Å². The Morgan fingerprint density at radius 2 is 1.74 bits per heavy atom. The summed E-state index contributed by atoms with van der Waals surface area (Å²) < 4.78 is 0. The van der Waals surface area contributed by atoms with Gasteiger partial charge in [-0.05, 0) is 63.0 Å². The predicted molar refractivity (Wildman–Crippen MR) is 139 cm³/mol. The van der Waals surface area contributed by atoms with Crippen molar-refractivity contribution in [2.45, 2.75) is 70.4 Å². The van der Waals surface area contributed by atoms with E-state index in [0.29, 0.717) is 29.9 Å². The second-order valence-corrected chi connectivity index (χ2v) is 9.48. The maximum atomic E-state index is 4.75. The van der Waals surface area contributed by atoms with Crippen LogP contribution in [0, 0.1) is 0 Å². The van der Waals surface area contributed by atoms with E-state index in [0.717, 1.165) is 29.7 Å². The van der Waals surface area contributed by atoms with Crippen LogP contribution in [0.3, 0.4) is 0 Å². The molecule has 1 unspecified atom stereocenters. The molecule has 180 valence electrons. The Kier molecular flexibility index (Phi) is 7.34.